The average Bonchev–Trinajstić information content (AvgIpc) is 2.42. The van der Waals surface area contributed by atoms with E-state index in [-0.39, 0.29) is 19.8 Å². The monoisotopic (exact) mass is 289 g/mol. The van der Waals surface area contributed by atoms with Crippen LogP contribution in [0.4, 0.5) is 4.79 Å². The molecule has 0 saturated heterocycles. The normalized spacial score (nSPS) is 9.90. The van der Waals surface area contributed by atoms with Crippen molar-refractivity contribution in [3.8, 4) is 0 Å². The van der Waals surface area contributed by atoms with Crippen molar-refractivity contribution < 1.29 is 28.5 Å². The van der Waals surface area contributed by atoms with E-state index in [1.165, 1.54) is 0 Å². The van der Waals surface area contributed by atoms with Gasteiger partial charge in [0.2, 0.25) is 0 Å². The Morgan fingerprint density at radius 3 is 2.30 bits per heavy atom. The van der Waals surface area contributed by atoms with Crippen LogP contribution in [0.5, 0.6) is 0 Å². The van der Waals surface area contributed by atoms with Gasteiger partial charge in [0.15, 0.2) is 0 Å². The van der Waals surface area contributed by atoms with Crippen molar-refractivity contribution in [2.45, 2.75) is 13.8 Å². The zero-order valence-electron chi connectivity index (χ0n) is 12.1. The lowest BCUT2D eigenvalue weighted by Gasteiger charge is -2.08. The van der Waals surface area contributed by atoms with E-state index in [4.69, 9.17) is 18.9 Å². The first kappa shape index (κ1) is 18.4. The lowest BCUT2D eigenvalue weighted by molar-refractivity contribution is -0.138. The van der Waals surface area contributed by atoms with Crippen LogP contribution < -0.4 is 5.32 Å². The van der Waals surface area contributed by atoms with Crippen LogP contribution in [0.3, 0.4) is 0 Å². The zero-order valence-corrected chi connectivity index (χ0v) is 12.1. The molecule has 0 bridgehead atoms. The fraction of sp³-hybridized carbons (Fsp3) is 0.692. The predicted octanol–water partition coefficient (Wildman–Crippen LogP) is 0.885. The van der Waals surface area contributed by atoms with Gasteiger partial charge in [-0.15, -0.1) is 0 Å². The summed E-state index contributed by atoms with van der Waals surface area (Å²) in [5.74, 6) is -0.483. The molecule has 0 fully saturated rings. The van der Waals surface area contributed by atoms with Crippen LogP contribution in [-0.4, -0.2) is 58.2 Å². The molecule has 7 nitrogen and oxygen atoms in total. The molecule has 0 radical (unpaired) electrons. The van der Waals surface area contributed by atoms with E-state index in [1.807, 2.05) is 6.92 Å². The first-order valence-corrected chi connectivity index (χ1v) is 6.46. The highest BCUT2D eigenvalue weighted by Gasteiger charge is 2.04. The van der Waals surface area contributed by atoms with Crippen molar-refractivity contribution in [3.63, 3.8) is 0 Å². The molecule has 0 unspecified atom stereocenters. The second kappa shape index (κ2) is 12.4. The number of rotatable bonds is 11. The Morgan fingerprint density at radius 2 is 1.65 bits per heavy atom. The van der Waals surface area contributed by atoms with Crippen LogP contribution in [0.1, 0.15) is 13.8 Å². The number of carbonyl (C=O) groups excluding carboxylic acids is 2. The lowest BCUT2D eigenvalue weighted by atomic mass is 10.4. The maximum atomic E-state index is 11.2. The van der Waals surface area contributed by atoms with E-state index in [0.29, 0.717) is 32.0 Å². The summed E-state index contributed by atoms with van der Waals surface area (Å²) in [6, 6.07) is 0. The second-order valence-corrected chi connectivity index (χ2v) is 3.79. The molecule has 0 aliphatic heterocycles. The Bertz CT molecular complexity index is 305. The smallest absolute Gasteiger partial charge is 0.407 e. The first-order valence-electron chi connectivity index (χ1n) is 6.46. The van der Waals surface area contributed by atoms with Crippen LogP contribution in [0.25, 0.3) is 0 Å². The van der Waals surface area contributed by atoms with E-state index in [9.17, 15) is 9.59 Å². The van der Waals surface area contributed by atoms with Crippen molar-refractivity contribution in [1.29, 1.82) is 0 Å². The molecule has 1 N–H and O–H groups in total. The number of nitrogens with one attached hydrogen (secondary N) is 1. The summed E-state index contributed by atoms with van der Waals surface area (Å²) in [6.07, 6.45) is -0.579. The molecule has 0 saturated carbocycles. The third-order valence-corrected chi connectivity index (χ3v) is 1.99. The molecule has 0 aromatic carbocycles. The number of esters is 1. The Morgan fingerprint density at radius 1 is 1.00 bits per heavy atom. The third-order valence-electron chi connectivity index (χ3n) is 1.99. The summed E-state index contributed by atoms with van der Waals surface area (Å²) < 4.78 is 19.8. The van der Waals surface area contributed by atoms with Crippen molar-refractivity contribution in [3.05, 3.63) is 12.2 Å². The van der Waals surface area contributed by atoms with Crippen molar-refractivity contribution in [2.75, 3.05) is 46.2 Å². The van der Waals surface area contributed by atoms with Gasteiger partial charge in [0, 0.05) is 12.2 Å². The summed E-state index contributed by atoms with van der Waals surface area (Å²) in [6.45, 7) is 9.26. The van der Waals surface area contributed by atoms with Crippen molar-refractivity contribution in [2.24, 2.45) is 0 Å². The van der Waals surface area contributed by atoms with Gasteiger partial charge in [-0.3, -0.25) is 0 Å². The summed E-state index contributed by atoms with van der Waals surface area (Å²) in [7, 11) is 0. The highest BCUT2D eigenvalue weighted by molar-refractivity contribution is 5.86. The minimum absolute atomic E-state index is 0.0750. The Labute approximate surface area is 119 Å². The average molecular weight is 289 g/mol. The summed E-state index contributed by atoms with van der Waals surface area (Å²) in [5, 5.41) is 2.44. The molecule has 0 aromatic heterocycles. The summed E-state index contributed by atoms with van der Waals surface area (Å²) in [5.41, 5.74) is 0.316. The van der Waals surface area contributed by atoms with Gasteiger partial charge in [0.25, 0.3) is 0 Å². The van der Waals surface area contributed by atoms with Crippen LogP contribution >= 0.6 is 0 Å². The minimum atomic E-state index is -0.579. The zero-order chi connectivity index (χ0) is 15.2. The predicted molar refractivity (Wildman–Crippen MR) is 72.4 cm³/mol. The largest absolute Gasteiger partial charge is 0.460 e. The van der Waals surface area contributed by atoms with E-state index < -0.39 is 12.1 Å². The van der Waals surface area contributed by atoms with Crippen LogP contribution in [-0.2, 0) is 23.7 Å². The van der Waals surface area contributed by atoms with Gasteiger partial charge in [-0.05, 0) is 13.8 Å². The van der Waals surface area contributed by atoms with Crippen LogP contribution in [0, 0.1) is 0 Å². The number of amides is 1. The van der Waals surface area contributed by atoms with E-state index in [0.717, 1.165) is 0 Å². The molecule has 7 heteroatoms. The van der Waals surface area contributed by atoms with Gasteiger partial charge in [-0.25, -0.2) is 9.59 Å². The van der Waals surface area contributed by atoms with Crippen molar-refractivity contribution >= 4 is 12.1 Å². The SMILES string of the molecule is C=C(C)C(=O)OCCNC(=O)OCCOCCOCC. The van der Waals surface area contributed by atoms with Gasteiger partial charge in [0.05, 0.1) is 26.4 Å². The molecule has 0 aromatic rings. The molecule has 116 valence electrons. The highest BCUT2D eigenvalue weighted by Crippen LogP contribution is 1.90. The highest BCUT2D eigenvalue weighted by atomic mass is 16.6. The Kier molecular flexibility index (Phi) is 11.4. The first-order chi connectivity index (χ1) is 9.57. The van der Waals surface area contributed by atoms with E-state index in [2.05, 4.69) is 11.9 Å². The van der Waals surface area contributed by atoms with Gasteiger partial charge in [-0.1, -0.05) is 6.58 Å². The topological polar surface area (TPSA) is 83.1 Å². The van der Waals surface area contributed by atoms with Gasteiger partial charge >= 0.3 is 12.1 Å². The fourth-order valence-corrected chi connectivity index (χ4v) is 1.03. The van der Waals surface area contributed by atoms with Gasteiger partial charge < -0.3 is 24.3 Å². The van der Waals surface area contributed by atoms with Gasteiger partial charge in [-0.2, -0.15) is 0 Å². The number of ether oxygens (including phenoxy) is 4. The molecular weight excluding hydrogens is 266 g/mol. The second-order valence-electron chi connectivity index (χ2n) is 3.79. The summed E-state index contributed by atoms with van der Waals surface area (Å²) in [4.78, 5) is 22.2. The molecule has 0 rings (SSSR count). The molecule has 0 aliphatic rings. The molecule has 0 atom stereocenters. The third kappa shape index (κ3) is 11.5. The minimum Gasteiger partial charge on any atom is -0.460 e. The van der Waals surface area contributed by atoms with Crippen molar-refractivity contribution in [1.82, 2.24) is 5.32 Å². The summed E-state index contributed by atoms with van der Waals surface area (Å²) >= 11 is 0. The Balaban J connectivity index is 3.33. The maximum absolute atomic E-state index is 11.2. The number of hydrogen-bond acceptors (Lipinski definition) is 6. The number of carbonyl (C=O) groups is 2. The van der Waals surface area contributed by atoms with Crippen LogP contribution in [0.15, 0.2) is 12.2 Å². The van der Waals surface area contributed by atoms with Crippen LogP contribution in [0.2, 0.25) is 0 Å². The molecule has 0 spiro atoms. The molecule has 0 heterocycles. The molecular formula is C13H23NO6. The number of hydrogen-bond donors (Lipinski definition) is 1. The molecule has 0 aliphatic carbocycles. The maximum Gasteiger partial charge on any atom is 0.407 e. The van der Waals surface area contributed by atoms with Gasteiger partial charge in [0.1, 0.15) is 13.2 Å². The standard InChI is InChI=1S/C13H23NO6/c1-4-17-7-8-18-9-10-20-13(16)14-5-6-19-12(15)11(2)3/h2,4-10H2,1,3H3,(H,14,16). The Hall–Kier alpha value is -1.60. The molecule has 20 heavy (non-hydrogen) atoms. The van der Waals surface area contributed by atoms with E-state index >= 15 is 0 Å². The molecule has 1 amide bonds. The fourth-order valence-electron chi connectivity index (χ4n) is 1.03. The lowest BCUT2D eigenvalue weighted by Crippen LogP contribution is -2.29. The number of alkyl carbamates (subject to hydrolysis) is 1. The van der Waals surface area contributed by atoms with E-state index in [1.54, 1.807) is 6.92 Å². The quantitative estimate of drug-likeness (QED) is 0.345.